The van der Waals surface area contributed by atoms with Crippen LogP contribution in [0.25, 0.3) is 0 Å². The first-order chi connectivity index (χ1) is 1.91. The molecule has 0 saturated carbocycles. The number of carbonyl (C=O) groups is 1. The summed E-state index contributed by atoms with van der Waals surface area (Å²) in [5.41, 5.74) is 0. The smallest absolute Gasteiger partial charge is 0 e. The maximum absolute atomic E-state index is 8.99. The Bertz CT molecular complexity index is 27.9. The Morgan fingerprint density at radius 3 is 1.80 bits per heavy atom. The first kappa shape index (κ1) is 8.91. The van der Waals surface area contributed by atoms with Gasteiger partial charge in [-0.3, -0.25) is 6.58 Å². The maximum atomic E-state index is 8.99. The van der Waals surface area contributed by atoms with E-state index in [1.807, 2.05) is 0 Å². The van der Waals surface area contributed by atoms with Gasteiger partial charge < -0.3 is 4.79 Å². The molecule has 0 aliphatic rings. The summed E-state index contributed by atoms with van der Waals surface area (Å²) in [6.45, 7) is 4.53. The average Bonchev–Trinajstić information content (AvgIpc) is 1.37. The average molecular weight is 241 g/mol. The Kier molecular flexibility index (Phi) is 16.0. The quantitative estimate of drug-likeness (QED) is 0.363. The molecule has 0 amide bonds. The van der Waals surface area contributed by atoms with Crippen molar-refractivity contribution in [3.63, 3.8) is 0 Å². The molecule has 0 heterocycles. The van der Waals surface area contributed by atoms with E-state index in [0.717, 1.165) is 6.08 Å². The van der Waals surface area contributed by atoms with Crippen molar-refractivity contribution in [2.45, 2.75) is 0 Å². The van der Waals surface area contributed by atoms with E-state index in [2.05, 4.69) is 6.58 Å². The van der Waals surface area contributed by atoms with E-state index in [9.17, 15) is 0 Å². The van der Waals surface area contributed by atoms with E-state index in [1.165, 1.54) is 0 Å². The molecule has 0 aliphatic carbocycles. The topological polar surface area (TPSA) is 17.1 Å². The van der Waals surface area contributed by atoms with Gasteiger partial charge in [-0.1, -0.05) is 0 Å². The fraction of sp³-hybridized carbons (Fsp3) is 0. The molecular weight excluding hydrogens is 238 g/mol. The van der Waals surface area contributed by atoms with Crippen molar-refractivity contribution in [1.82, 2.24) is 0 Å². The molecular formula is C3H3ORe-. The summed E-state index contributed by atoms with van der Waals surface area (Å²) >= 11 is 0. The zero-order valence-electron chi connectivity index (χ0n) is 2.52. The minimum atomic E-state index is 0. The van der Waals surface area contributed by atoms with Crippen LogP contribution in [0.1, 0.15) is 0 Å². The van der Waals surface area contributed by atoms with E-state index in [-0.39, 0.29) is 20.4 Å². The molecule has 0 rings (SSSR count). The van der Waals surface area contributed by atoms with Crippen molar-refractivity contribution < 1.29 is 25.2 Å². The summed E-state index contributed by atoms with van der Waals surface area (Å²) in [4.78, 5) is 8.99. The first-order valence-electron chi connectivity index (χ1n) is 0.902. The van der Waals surface area contributed by atoms with Crippen LogP contribution in [-0.2, 0) is 25.2 Å². The molecule has 29 valence electrons. The monoisotopic (exact) mass is 242 g/mol. The van der Waals surface area contributed by atoms with Crippen LogP contribution in [0.5, 0.6) is 0 Å². The van der Waals surface area contributed by atoms with E-state index in [1.54, 1.807) is 0 Å². The van der Waals surface area contributed by atoms with Gasteiger partial charge >= 0.3 is 0 Å². The van der Waals surface area contributed by atoms with Gasteiger partial charge in [-0.2, -0.15) is 0 Å². The number of carbonyl (C=O) groups excluding carboxylic acids is 1. The van der Waals surface area contributed by atoms with Gasteiger partial charge in [-0.05, 0) is 6.29 Å². The van der Waals surface area contributed by atoms with Crippen molar-refractivity contribution >= 4 is 6.29 Å². The predicted molar refractivity (Wildman–Crippen MR) is 14.9 cm³/mol. The third kappa shape index (κ3) is 15.2. The predicted octanol–water partition coefficient (Wildman–Crippen LogP) is 0.172. The normalized spacial score (nSPS) is 4.00. The number of hydrogen-bond acceptors (Lipinski definition) is 1. The van der Waals surface area contributed by atoms with Crippen molar-refractivity contribution in [2.75, 3.05) is 0 Å². The van der Waals surface area contributed by atoms with E-state index in [0.29, 0.717) is 6.29 Å². The molecule has 0 atom stereocenters. The van der Waals surface area contributed by atoms with Crippen molar-refractivity contribution in [2.24, 2.45) is 0 Å². The zero-order chi connectivity index (χ0) is 3.41. The Hall–Kier alpha value is 0.0723. The van der Waals surface area contributed by atoms with Crippen LogP contribution in [0.4, 0.5) is 0 Å². The van der Waals surface area contributed by atoms with Gasteiger partial charge in [0, 0.05) is 20.4 Å². The number of hydrogen-bond donors (Lipinski definition) is 0. The number of aldehydes is 1. The summed E-state index contributed by atoms with van der Waals surface area (Å²) < 4.78 is 0. The molecule has 0 aliphatic heterocycles. The second-order valence-corrected chi connectivity index (χ2v) is 0.329. The zero-order valence-corrected chi connectivity index (χ0v) is 5.23. The van der Waals surface area contributed by atoms with Gasteiger partial charge in [0.25, 0.3) is 0 Å². The summed E-state index contributed by atoms with van der Waals surface area (Å²) in [5, 5.41) is 0. The Morgan fingerprint density at radius 2 is 1.80 bits per heavy atom. The molecule has 0 unspecified atom stereocenters. The third-order valence-electron chi connectivity index (χ3n) is 0.0786. The Balaban J connectivity index is 0. The van der Waals surface area contributed by atoms with Crippen LogP contribution < -0.4 is 0 Å². The molecule has 0 aromatic carbocycles. The van der Waals surface area contributed by atoms with Gasteiger partial charge in [0.2, 0.25) is 0 Å². The summed E-state index contributed by atoms with van der Waals surface area (Å²) in [5.74, 6) is 0. The molecule has 0 N–H and O–H groups in total. The molecule has 0 saturated heterocycles. The molecule has 1 radical (unpaired) electrons. The number of allylic oxidation sites excluding steroid dienone is 1. The van der Waals surface area contributed by atoms with E-state index >= 15 is 0 Å². The second-order valence-electron chi connectivity index (χ2n) is 0.329. The van der Waals surface area contributed by atoms with Crippen LogP contribution >= 0.6 is 0 Å². The van der Waals surface area contributed by atoms with Gasteiger partial charge in [0.05, 0.1) is 0 Å². The van der Waals surface area contributed by atoms with Crippen molar-refractivity contribution in [3.8, 4) is 0 Å². The number of rotatable bonds is 1. The van der Waals surface area contributed by atoms with Crippen LogP contribution in [0, 0.1) is 6.58 Å². The van der Waals surface area contributed by atoms with Crippen LogP contribution in [0.15, 0.2) is 6.08 Å². The molecule has 2 heteroatoms. The molecule has 0 aromatic heterocycles. The van der Waals surface area contributed by atoms with Gasteiger partial charge in [0.15, 0.2) is 0 Å². The van der Waals surface area contributed by atoms with Gasteiger partial charge in [-0.15, -0.1) is 0 Å². The first-order valence-corrected chi connectivity index (χ1v) is 0.902. The summed E-state index contributed by atoms with van der Waals surface area (Å²) in [7, 11) is 0. The molecule has 5 heavy (non-hydrogen) atoms. The van der Waals surface area contributed by atoms with Crippen molar-refractivity contribution in [3.05, 3.63) is 12.7 Å². The Morgan fingerprint density at radius 1 is 1.60 bits per heavy atom. The fourth-order valence-corrected chi connectivity index (χ4v) is 0. The fourth-order valence-electron chi connectivity index (χ4n) is 0. The second kappa shape index (κ2) is 8.95. The molecule has 0 aromatic rings. The van der Waals surface area contributed by atoms with Crippen molar-refractivity contribution in [1.29, 1.82) is 0 Å². The molecule has 0 bridgehead atoms. The Labute approximate surface area is 44.7 Å². The summed E-state index contributed by atoms with van der Waals surface area (Å²) in [6, 6.07) is 0. The van der Waals surface area contributed by atoms with Crippen LogP contribution in [-0.4, -0.2) is 6.29 Å². The van der Waals surface area contributed by atoms with E-state index < -0.39 is 0 Å². The van der Waals surface area contributed by atoms with Gasteiger partial charge in [0.1, 0.15) is 0 Å². The minimum absolute atomic E-state index is 0. The van der Waals surface area contributed by atoms with Gasteiger partial charge in [-0.25, -0.2) is 6.08 Å². The standard InChI is InChI=1S/C3H3O.Re/c1-2-3-4;/h1-3H;/q-1;. The molecule has 1 nitrogen and oxygen atoms in total. The summed E-state index contributed by atoms with van der Waals surface area (Å²) in [6.07, 6.45) is 1.47. The molecule has 0 fully saturated rings. The molecule has 0 spiro atoms. The van der Waals surface area contributed by atoms with Crippen LogP contribution in [0.2, 0.25) is 0 Å². The maximum Gasteiger partial charge on any atom is 0 e. The minimum Gasteiger partial charge on any atom is -0.410 e. The SMILES string of the molecule is [CH-]=CC=O.[Re]. The van der Waals surface area contributed by atoms with E-state index in [4.69, 9.17) is 4.79 Å². The third-order valence-corrected chi connectivity index (χ3v) is 0.0786. The largest absolute Gasteiger partial charge is 0.410 e. The van der Waals surface area contributed by atoms with Crippen LogP contribution in [0.3, 0.4) is 0 Å².